The molecule has 0 saturated heterocycles. The monoisotopic (exact) mass is 609 g/mol. The van der Waals surface area contributed by atoms with Gasteiger partial charge in [-0.25, -0.2) is 4.79 Å². The van der Waals surface area contributed by atoms with Gasteiger partial charge in [-0.15, -0.1) is 23.5 Å². The van der Waals surface area contributed by atoms with Crippen molar-refractivity contribution < 1.29 is 9.59 Å². The zero-order valence-corrected chi connectivity index (χ0v) is 25.1. The van der Waals surface area contributed by atoms with Crippen molar-refractivity contribution in [2.24, 2.45) is 0 Å². The first-order chi connectivity index (χ1) is 20.5. The number of halogens is 1. The molecule has 1 aliphatic heterocycles. The van der Waals surface area contributed by atoms with Crippen molar-refractivity contribution in [1.82, 2.24) is 0 Å². The van der Waals surface area contributed by atoms with E-state index in [1.807, 2.05) is 103 Å². The molecule has 3 amide bonds. The first-order valence-corrected chi connectivity index (χ1v) is 15.7. The summed E-state index contributed by atoms with van der Waals surface area (Å²) in [6.07, 6.45) is 8.24. The van der Waals surface area contributed by atoms with Crippen molar-refractivity contribution >= 4 is 64.1 Å². The Kier molecular flexibility index (Phi) is 8.42. The topological polar surface area (TPSA) is 61.4 Å². The van der Waals surface area contributed by atoms with Gasteiger partial charge in [0.05, 0.1) is 17.0 Å². The molecule has 3 atom stereocenters. The standard InChI is InChI=1S/C34H28ClN3O2S2/c1-22-18-19-24(35)20-27(22)37-33(39)32(23-10-3-2-4-11-23)41-26-13-9-12-25(21-26)36-34(40)38-28-14-5-7-16-30(28)42-31-17-8-6-15-29(31)38/h2-21,28,30,32H,1H3,(H,36,40)(H,37,39). The van der Waals surface area contributed by atoms with Crippen LogP contribution in [0.1, 0.15) is 16.4 Å². The molecule has 0 spiro atoms. The quantitative estimate of drug-likeness (QED) is 0.214. The van der Waals surface area contributed by atoms with Crippen LogP contribution in [0.3, 0.4) is 0 Å². The van der Waals surface area contributed by atoms with Crippen molar-refractivity contribution in [3.8, 4) is 0 Å². The van der Waals surface area contributed by atoms with Crippen LogP contribution in [0.5, 0.6) is 0 Å². The number of para-hydroxylation sites is 1. The maximum atomic E-state index is 13.8. The van der Waals surface area contributed by atoms with Gasteiger partial charge in [-0.2, -0.15) is 0 Å². The number of aryl methyl sites for hydroxylation is 1. The number of nitrogens with one attached hydrogen (secondary N) is 2. The van der Waals surface area contributed by atoms with Gasteiger partial charge in [-0.3, -0.25) is 9.69 Å². The van der Waals surface area contributed by atoms with Gasteiger partial charge in [-0.1, -0.05) is 90.5 Å². The van der Waals surface area contributed by atoms with Crippen LogP contribution in [0.25, 0.3) is 0 Å². The molecule has 1 heterocycles. The summed E-state index contributed by atoms with van der Waals surface area (Å²) in [6, 6.07) is 30.5. The van der Waals surface area contributed by atoms with Crippen LogP contribution in [0, 0.1) is 6.92 Å². The zero-order valence-electron chi connectivity index (χ0n) is 22.7. The Morgan fingerprint density at radius 2 is 1.67 bits per heavy atom. The number of allylic oxidation sites excluding steroid dienone is 2. The number of carbonyl (C=O) groups is 2. The molecule has 4 aromatic carbocycles. The van der Waals surface area contributed by atoms with Crippen molar-refractivity contribution in [3.05, 3.63) is 138 Å². The predicted molar refractivity (Wildman–Crippen MR) is 176 cm³/mol. The smallest absolute Gasteiger partial charge is 0.325 e. The number of hydrogen-bond acceptors (Lipinski definition) is 4. The third-order valence-corrected chi connectivity index (χ3v) is 9.89. The average Bonchev–Trinajstić information content (AvgIpc) is 3.01. The van der Waals surface area contributed by atoms with Crippen molar-refractivity contribution in [2.75, 3.05) is 15.5 Å². The Morgan fingerprint density at radius 3 is 2.52 bits per heavy atom. The maximum absolute atomic E-state index is 13.8. The van der Waals surface area contributed by atoms with Crippen molar-refractivity contribution in [3.63, 3.8) is 0 Å². The van der Waals surface area contributed by atoms with Gasteiger partial charge in [0, 0.05) is 26.2 Å². The second-order valence-electron chi connectivity index (χ2n) is 10.00. The number of amides is 3. The molecule has 0 radical (unpaired) electrons. The summed E-state index contributed by atoms with van der Waals surface area (Å²) in [7, 11) is 0. The van der Waals surface area contributed by atoms with Crippen LogP contribution in [-0.2, 0) is 4.79 Å². The molecule has 0 fully saturated rings. The molecule has 0 aromatic heterocycles. The average molecular weight is 610 g/mol. The highest BCUT2D eigenvalue weighted by molar-refractivity contribution is 8.00. The molecular formula is C34H28ClN3O2S2. The fourth-order valence-corrected chi connectivity index (χ4v) is 7.53. The minimum Gasteiger partial charge on any atom is -0.325 e. The summed E-state index contributed by atoms with van der Waals surface area (Å²) in [5, 5.41) is 6.35. The molecular weight excluding hydrogens is 582 g/mol. The molecule has 4 aromatic rings. The first kappa shape index (κ1) is 28.2. The van der Waals surface area contributed by atoms with Crippen LogP contribution >= 0.6 is 35.1 Å². The van der Waals surface area contributed by atoms with Gasteiger partial charge in [0.15, 0.2) is 0 Å². The summed E-state index contributed by atoms with van der Waals surface area (Å²) < 4.78 is 0. The Balaban J connectivity index is 1.24. The predicted octanol–water partition coefficient (Wildman–Crippen LogP) is 9.13. The number of fused-ring (bicyclic) bond motifs is 2. The number of benzene rings is 4. The molecule has 1 aliphatic carbocycles. The molecule has 2 aliphatic rings. The number of anilines is 3. The highest BCUT2D eigenvalue weighted by Crippen LogP contribution is 2.44. The van der Waals surface area contributed by atoms with Gasteiger partial charge in [0.1, 0.15) is 5.25 Å². The molecule has 2 N–H and O–H groups in total. The molecule has 0 bridgehead atoms. The minimum atomic E-state index is -0.526. The van der Waals surface area contributed by atoms with Gasteiger partial charge in [-0.05, 0) is 60.5 Å². The van der Waals surface area contributed by atoms with E-state index in [2.05, 4.69) is 28.9 Å². The van der Waals surface area contributed by atoms with Crippen LogP contribution in [-0.4, -0.2) is 23.2 Å². The summed E-state index contributed by atoms with van der Waals surface area (Å²) in [4.78, 5) is 31.2. The highest BCUT2D eigenvalue weighted by Gasteiger charge is 2.36. The van der Waals surface area contributed by atoms with E-state index in [0.717, 1.165) is 26.6 Å². The first-order valence-electron chi connectivity index (χ1n) is 13.6. The molecule has 5 nitrogen and oxygen atoms in total. The fraction of sp³-hybridized carbons (Fsp3) is 0.118. The Hall–Kier alpha value is -3.91. The van der Waals surface area contributed by atoms with Crippen molar-refractivity contribution in [1.29, 1.82) is 0 Å². The lowest BCUT2D eigenvalue weighted by Gasteiger charge is -2.40. The molecule has 6 rings (SSSR count). The van der Waals surface area contributed by atoms with Crippen LogP contribution in [0.15, 0.2) is 131 Å². The summed E-state index contributed by atoms with van der Waals surface area (Å²) in [5.74, 6) is -0.156. The largest absolute Gasteiger partial charge is 0.326 e. The Labute approximate surface area is 259 Å². The molecule has 3 unspecified atom stereocenters. The van der Waals surface area contributed by atoms with Gasteiger partial charge in [0.2, 0.25) is 5.91 Å². The van der Waals surface area contributed by atoms with Crippen molar-refractivity contribution in [2.45, 2.75) is 33.3 Å². The highest BCUT2D eigenvalue weighted by atomic mass is 35.5. The normalized spacial score (nSPS) is 17.6. The van der Waals surface area contributed by atoms with Gasteiger partial charge < -0.3 is 10.6 Å². The third kappa shape index (κ3) is 6.14. The number of urea groups is 1. The number of thioether (sulfide) groups is 2. The van der Waals surface area contributed by atoms with E-state index in [9.17, 15) is 9.59 Å². The Bertz CT molecular complexity index is 1690. The lowest BCUT2D eigenvalue weighted by molar-refractivity contribution is -0.115. The maximum Gasteiger partial charge on any atom is 0.326 e. The lowest BCUT2D eigenvalue weighted by Crippen LogP contribution is -2.49. The second kappa shape index (κ2) is 12.5. The minimum absolute atomic E-state index is 0.0893. The van der Waals surface area contributed by atoms with Crippen LogP contribution in [0.4, 0.5) is 21.9 Å². The van der Waals surface area contributed by atoms with E-state index in [1.165, 1.54) is 11.8 Å². The number of rotatable bonds is 6. The Morgan fingerprint density at radius 1 is 0.881 bits per heavy atom. The summed E-state index contributed by atoms with van der Waals surface area (Å²) in [6.45, 7) is 1.93. The number of nitrogens with zero attached hydrogens (tertiary/aromatic N) is 1. The summed E-state index contributed by atoms with van der Waals surface area (Å²) >= 11 is 9.41. The van der Waals surface area contributed by atoms with E-state index in [4.69, 9.17) is 11.6 Å². The third-order valence-electron chi connectivity index (χ3n) is 7.10. The number of hydrogen-bond donors (Lipinski definition) is 2. The molecule has 210 valence electrons. The molecule has 42 heavy (non-hydrogen) atoms. The van der Waals surface area contributed by atoms with Crippen LogP contribution < -0.4 is 15.5 Å². The lowest BCUT2D eigenvalue weighted by atomic mass is 10.1. The van der Waals surface area contributed by atoms with Gasteiger partial charge in [0.25, 0.3) is 0 Å². The summed E-state index contributed by atoms with van der Waals surface area (Å²) in [5.41, 5.74) is 4.03. The van der Waals surface area contributed by atoms with E-state index >= 15 is 0 Å². The molecule has 8 heteroatoms. The number of carbonyl (C=O) groups excluding carboxylic acids is 2. The van der Waals surface area contributed by atoms with E-state index < -0.39 is 5.25 Å². The molecule has 0 saturated carbocycles. The van der Waals surface area contributed by atoms with Crippen LogP contribution in [0.2, 0.25) is 5.02 Å². The van der Waals surface area contributed by atoms with Gasteiger partial charge >= 0.3 is 6.03 Å². The second-order valence-corrected chi connectivity index (χ2v) is 12.8. The van der Waals surface area contributed by atoms with E-state index in [0.29, 0.717) is 16.4 Å². The van der Waals surface area contributed by atoms with E-state index in [1.54, 1.807) is 23.9 Å². The fourth-order valence-electron chi connectivity index (χ4n) is 5.02. The van der Waals surface area contributed by atoms with E-state index in [-0.39, 0.29) is 23.2 Å². The SMILES string of the molecule is Cc1ccc(Cl)cc1NC(=O)C(Sc1cccc(NC(=O)N2c3ccccc3SC3C=CC=CC32)c1)c1ccccc1. The zero-order chi connectivity index (χ0) is 29.1.